The topological polar surface area (TPSA) is 24.9 Å². The Kier molecular flexibility index (Phi) is 4.67. The molecule has 0 amide bonds. The van der Waals surface area contributed by atoms with E-state index in [1.807, 2.05) is 13.1 Å². The number of pyridine rings is 1. The molecule has 1 fully saturated rings. The van der Waals surface area contributed by atoms with Crippen LogP contribution in [-0.2, 0) is 6.54 Å². The van der Waals surface area contributed by atoms with Crippen LogP contribution in [0.3, 0.4) is 0 Å². The van der Waals surface area contributed by atoms with Gasteiger partial charge >= 0.3 is 0 Å². The molecule has 1 aliphatic heterocycles. The molecule has 2 rings (SSSR count). The number of aromatic nitrogens is 1. The molecule has 0 bridgehead atoms. The van der Waals surface area contributed by atoms with Crippen LogP contribution in [0.25, 0.3) is 0 Å². The molecule has 88 valence electrons. The highest BCUT2D eigenvalue weighted by Gasteiger charge is 2.12. The molecule has 1 unspecified atom stereocenters. The third-order valence-corrected chi connectivity index (χ3v) is 4.35. The summed E-state index contributed by atoms with van der Waals surface area (Å²) in [4.78, 5) is 4.30. The molecular weight excluding hydrogens is 216 g/mol. The summed E-state index contributed by atoms with van der Waals surface area (Å²) in [6.45, 7) is 4.11. The average Bonchev–Trinajstić information content (AvgIpc) is 2.33. The second-order valence-electron chi connectivity index (χ2n) is 4.43. The Bertz CT molecular complexity index is 304. The Morgan fingerprint density at radius 3 is 3.06 bits per heavy atom. The van der Waals surface area contributed by atoms with Crippen LogP contribution in [-0.4, -0.2) is 22.5 Å². The maximum atomic E-state index is 4.30. The van der Waals surface area contributed by atoms with Crippen molar-refractivity contribution in [3.8, 4) is 0 Å². The van der Waals surface area contributed by atoms with Gasteiger partial charge in [-0.1, -0.05) is 12.5 Å². The minimum absolute atomic E-state index is 0.826. The summed E-state index contributed by atoms with van der Waals surface area (Å²) < 4.78 is 0. The number of aryl methyl sites for hydroxylation is 1. The van der Waals surface area contributed by atoms with Crippen molar-refractivity contribution < 1.29 is 0 Å². The fourth-order valence-corrected chi connectivity index (χ4v) is 3.22. The molecule has 1 atom stereocenters. The highest BCUT2D eigenvalue weighted by molar-refractivity contribution is 7.99. The lowest BCUT2D eigenvalue weighted by Gasteiger charge is -2.21. The first kappa shape index (κ1) is 11.9. The Labute approximate surface area is 102 Å². The normalized spacial score (nSPS) is 20.9. The molecule has 0 spiro atoms. The van der Waals surface area contributed by atoms with Crippen molar-refractivity contribution in [1.29, 1.82) is 0 Å². The molecule has 0 aromatic carbocycles. The fraction of sp³-hybridized carbons (Fsp3) is 0.615. The Hall–Kier alpha value is -0.540. The lowest BCUT2D eigenvalue weighted by molar-refractivity contribution is 0.597. The zero-order chi connectivity index (χ0) is 11.2. The summed E-state index contributed by atoms with van der Waals surface area (Å²) in [5, 5.41) is 4.36. The minimum atomic E-state index is 0.826. The molecule has 1 N–H and O–H groups in total. The van der Waals surface area contributed by atoms with Crippen molar-refractivity contribution in [1.82, 2.24) is 10.3 Å². The number of nitrogens with one attached hydrogen (secondary N) is 1. The van der Waals surface area contributed by atoms with Crippen LogP contribution >= 0.6 is 11.8 Å². The van der Waals surface area contributed by atoms with E-state index in [9.17, 15) is 0 Å². The summed E-state index contributed by atoms with van der Waals surface area (Å²) in [7, 11) is 0. The zero-order valence-electron chi connectivity index (χ0n) is 9.91. The second-order valence-corrected chi connectivity index (χ2v) is 5.84. The fourth-order valence-electron chi connectivity index (χ4n) is 1.95. The van der Waals surface area contributed by atoms with Crippen molar-refractivity contribution in [2.45, 2.75) is 38.0 Å². The van der Waals surface area contributed by atoms with Gasteiger partial charge < -0.3 is 5.32 Å². The summed E-state index contributed by atoms with van der Waals surface area (Å²) in [6, 6.07) is 4.23. The van der Waals surface area contributed by atoms with E-state index in [0.29, 0.717) is 0 Å². The maximum Gasteiger partial charge on any atom is 0.0372 e. The van der Waals surface area contributed by atoms with E-state index in [2.05, 4.69) is 34.2 Å². The third-order valence-electron chi connectivity index (χ3n) is 2.95. The first-order chi connectivity index (χ1) is 7.84. The summed E-state index contributed by atoms with van der Waals surface area (Å²) in [5.41, 5.74) is 2.37. The van der Waals surface area contributed by atoms with Gasteiger partial charge in [0.25, 0.3) is 0 Å². The van der Waals surface area contributed by atoms with Gasteiger partial charge in [0.1, 0.15) is 0 Å². The van der Waals surface area contributed by atoms with Crippen LogP contribution in [0.15, 0.2) is 18.3 Å². The average molecular weight is 236 g/mol. The predicted octanol–water partition coefficient (Wildman–Crippen LogP) is 2.77. The van der Waals surface area contributed by atoms with Crippen LogP contribution in [0.1, 0.15) is 30.5 Å². The van der Waals surface area contributed by atoms with Crippen molar-refractivity contribution in [3.05, 3.63) is 29.6 Å². The molecule has 1 aromatic rings. The highest BCUT2D eigenvalue weighted by Crippen LogP contribution is 2.24. The van der Waals surface area contributed by atoms with Crippen molar-refractivity contribution in [2.75, 3.05) is 12.3 Å². The quantitative estimate of drug-likeness (QED) is 0.870. The van der Waals surface area contributed by atoms with E-state index in [4.69, 9.17) is 0 Å². The lowest BCUT2D eigenvalue weighted by Crippen LogP contribution is -2.26. The van der Waals surface area contributed by atoms with Gasteiger partial charge in [-0.2, -0.15) is 11.8 Å². The minimum Gasteiger partial charge on any atom is -0.312 e. The number of hydrogen-bond acceptors (Lipinski definition) is 3. The molecule has 1 aromatic heterocycles. The molecule has 0 radical (unpaired) electrons. The number of thioether (sulfide) groups is 1. The van der Waals surface area contributed by atoms with Crippen LogP contribution in [0, 0.1) is 6.92 Å². The first-order valence-electron chi connectivity index (χ1n) is 6.08. The van der Waals surface area contributed by atoms with Gasteiger partial charge in [0, 0.05) is 30.2 Å². The number of rotatable bonds is 4. The Morgan fingerprint density at radius 2 is 2.38 bits per heavy atom. The molecule has 0 aliphatic carbocycles. The van der Waals surface area contributed by atoms with E-state index < -0.39 is 0 Å². The lowest BCUT2D eigenvalue weighted by atomic mass is 10.2. The Balaban J connectivity index is 1.69. The van der Waals surface area contributed by atoms with Crippen LogP contribution in [0.4, 0.5) is 0 Å². The van der Waals surface area contributed by atoms with Crippen LogP contribution in [0.2, 0.25) is 0 Å². The second kappa shape index (κ2) is 6.26. The molecular formula is C13H20N2S. The van der Waals surface area contributed by atoms with E-state index >= 15 is 0 Å². The largest absolute Gasteiger partial charge is 0.312 e. The molecule has 1 aliphatic rings. The summed E-state index contributed by atoms with van der Waals surface area (Å²) >= 11 is 2.12. The van der Waals surface area contributed by atoms with E-state index in [1.165, 1.54) is 30.6 Å². The van der Waals surface area contributed by atoms with Gasteiger partial charge in [-0.15, -0.1) is 0 Å². The van der Waals surface area contributed by atoms with E-state index in [-0.39, 0.29) is 0 Å². The summed E-state index contributed by atoms with van der Waals surface area (Å²) in [5.74, 6) is 1.35. The van der Waals surface area contributed by atoms with Gasteiger partial charge in [0.15, 0.2) is 0 Å². The van der Waals surface area contributed by atoms with Crippen molar-refractivity contribution >= 4 is 11.8 Å². The van der Waals surface area contributed by atoms with Gasteiger partial charge in [-0.25, -0.2) is 0 Å². The van der Waals surface area contributed by atoms with Gasteiger partial charge in [-0.3, -0.25) is 4.98 Å². The maximum absolute atomic E-state index is 4.30. The molecule has 2 heterocycles. The molecule has 2 nitrogen and oxygen atoms in total. The molecule has 3 heteroatoms. The smallest absolute Gasteiger partial charge is 0.0372 e. The number of hydrogen-bond donors (Lipinski definition) is 1. The van der Waals surface area contributed by atoms with Gasteiger partial charge in [-0.05, 0) is 37.1 Å². The first-order valence-corrected chi connectivity index (χ1v) is 7.13. The van der Waals surface area contributed by atoms with Crippen molar-refractivity contribution in [2.24, 2.45) is 0 Å². The predicted molar refractivity (Wildman–Crippen MR) is 70.8 cm³/mol. The van der Waals surface area contributed by atoms with Crippen LogP contribution in [0.5, 0.6) is 0 Å². The Morgan fingerprint density at radius 1 is 1.44 bits per heavy atom. The molecule has 1 saturated heterocycles. The highest BCUT2D eigenvalue weighted by atomic mass is 32.2. The van der Waals surface area contributed by atoms with Gasteiger partial charge in [0.05, 0.1) is 0 Å². The van der Waals surface area contributed by atoms with E-state index in [0.717, 1.165) is 24.0 Å². The molecule has 0 saturated carbocycles. The molecule has 16 heavy (non-hydrogen) atoms. The standard InChI is InChI=1S/C13H20N2S/c1-11-5-6-12(9-15-11)8-14-10-13-4-2-3-7-16-13/h5-6,9,13-14H,2-4,7-8,10H2,1H3. The zero-order valence-corrected chi connectivity index (χ0v) is 10.7. The summed E-state index contributed by atoms with van der Waals surface area (Å²) in [6.07, 6.45) is 6.16. The van der Waals surface area contributed by atoms with Crippen molar-refractivity contribution in [3.63, 3.8) is 0 Å². The number of nitrogens with zero attached hydrogens (tertiary/aromatic N) is 1. The van der Waals surface area contributed by atoms with Gasteiger partial charge in [0.2, 0.25) is 0 Å². The van der Waals surface area contributed by atoms with E-state index in [1.54, 1.807) is 0 Å². The SMILES string of the molecule is Cc1ccc(CNCC2CCCCS2)cn1. The van der Waals surface area contributed by atoms with Crippen LogP contribution < -0.4 is 5.32 Å². The monoisotopic (exact) mass is 236 g/mol. The third kappa shape index (κ3) is 3.80.